The van der Waals surface area contributed by atoms with Crippen LogP contribution in [0.3, 0.4) is 0 Å². The number of benzene rings is 2. The molecule has 1 heterocycles. The Labute approximate surface area is 139 Å². The highest BCUT2D eigenvalue weighted by Gasteiger charge is 2.09. The number of hydrogen-bond acceptors (Lipinski definition) is 4. The van der Waals surface area contributed by atoms with Gasteiger partial charge in [-0.2, -0.15) is 5.10 Å². The summed E-state index contributed by atoms with van der Waals surface area (Å²) < 4.78 is 7.74. The number of aromatic nitrogens is 3. The van der Waals surface area contributed by atoms with Crippen molar-refractivity contribution in [3.63, 3.8) is 0 Å². The SMILES string of the molecule is COc1cccc(-n2c(CNc3ccc(C)cc3)n[nH]c2=S)c1. The van der Waals surface area contributed by atoms with Crippen LogP contribution in [0.15, 0.2) is 48.5 Å². The topological polar surface area (TPSA) is 54.9 Å². The van der Waals surface area contributed by atoms with Crippen LogP contribution in [0.1, 0.15) is 11.4 Å². The number of aryl methyl sites for hydroxylation is 1. The Morgan fingerprint density at radius 3 is 2.74 bits per heavy atom. The molecule has 1 aromatic heterocycles. The molecule has 5 nitrogen and oxygen atoms in total. The number of rotatable bonds is 5. The van der Waals surface area contributed by atoms with Gasteiger partial charge in [0.05, 0.1) is 19.3 Å². The molecule has 2 aromatic carbocycles. The van der Waals surface area contributed by atoms with Crippen molar-refractivity contribution in [3.8, 4) is 11.4 Å². The van der Waals surface area contributed by atoms with Gasteiger partial charge in [0.1, 0.15) is 5.75 Å². The Kier molecular flexibility index (Phi) is 4.43. The van der Waals surface area contributed by atoms with E-state index in [9.17, 15) is 0 Å². The predicted molar refractivity (Wildman–Crippen MR) is 93.8 cm³/mol. The van der Waals surface area contributed by atoms with Crippen molar-refractivity contribution >= 4 is 17.9 Å². The van der Waals surface area contributed by atoms with Crippen LogP contribution in [-0.2, 0) is 6.54 Å². The maximum atomic E-state index is 5.36. The molecule has 3 rings (SSSR count). The number of methoxy groups -OCH3 is 1. The van der Waals surface area contributed by atoms with Crippen molar-refractivity contribution in [2.24, 2.45) is 0 Å². The Hall–Kier alpha value is -2.60. The molecule has 118 valence electrons. The number of nitrogens with one attached hydrogen (secondary N) is 2. The van der Waals surface area contributed by atoms with Gasteiger partial charge in [-0.3, -0.25) is 9.67 Å². The first-order chi connectivity index (χ1) is 11.2. The third-order valence-corrected chi connectivity index (χ3v) is 3.83. The normalized spacial score (nSPS) is 10.5. The quantitative estimate of drug-likeness (QED) is 0.699. The van der Waals surface area contributed by atoms with E-state index in [1.807, 2.05) is 41.0 Å². The average molecular weight is 326 g/mol. The molecule has 0 unspecified atom stereocenters. The van der Waals surface area contributed by atoms with Crippen LogP contribution >= 0.6 is 12.2 Å². The second-order valence-electron chi connectivity index (χ2n) is 5.20. The van der Waals surface area contributed by atoms with Gasteiger partial charge in [-0.05, 0) is 43.4 Å². The van der Waals surface area contributed by atoms with Gasteiger partial charge >= 0.3 is 0 Å². The Bertz CT molecular complexity index is 852. The van der Waals surface area contributed by atoms with Gasteiger partial charge in [-0.1, -0.05) is 23.8 Å². The minimum absolute atomic E-state index is 0.555. The summed E-state index contributed by atoms with van der Waals surface area (Å²) in [6, 6.07) is 16.0. The Balaban J connectivity index is 1.86. The number of ether oxygens (including phenoxy) is 1. The first-order valence-electron chi connectivity index (χ1n) is 7.28. The van der Waals surface area contributed by atoms with Crippen molar-refractivity contribution < 1.29 is 4.74 Å². The van der Waals surface area contributed by atoms with Crippen LogP contribution < -0.4 is 10.1 Å². The third kappa shape index (κ3) is 3.43. The molecule has 0 bridgehead atoms. The fourth-order valence-electron chi connectivity index (χ4n) is 2.32. The molecule has 0 aliphatic carbocycles. The highest BCUT2D eigenvalue weighted by atomic mass is 32.1. The van der Waals surface area contributed by atoms with Crippen molar-refractivity contribution in [3.05, 3.63) is 64.7 Å². The monoisotopic (exact) mass is 326 g/mol. The van der Waals surface area contributed by atoms with Gasteiger partial charge < -0.3 is 10.1 Å². The molecule has 0 aliphatic rings. The zero-order valence-electron chi connectivity index (χ0n) is 13.0. The van der Waals surface area contributed by atoms with E-state index in [1.54, 1.807) is 7.11 Å². The first kappa shape index (κ1) is 15.3. The van der Waals surface area contributed by atoms with Gasteiger partial charge in [0.25, 0.3) is 0 Å². The largest absolute Gasteiger partial charge is 0.497 e. The van der Waals surface area contributed by atoms with E-state index in [0.717, 1.165) is 22.9 Å². The molecule has 0 spiro atoms. The van der Waals surface area contributed by atoms with Crippen molar-refractivity contribution in [1.82, 2.24) is 14.8 Å². The van der Waals surface area contributed by atoms with E-state index < -0.39 is 0 Å². The molecule has 0 saturated carbocycles. The summed E-state index contributed by atoms with van der Waals surface area (Å²) in [4.78, 5) is 0. The van der Waals surface area contributed by atoms with E-state index in [-0.39, 0.29) is 0 Å². The van der Waals surface area contributed by atoms with Crippen LogP contribution in [0.25, 0.3) is 5.69 Å². The summed E-state index contributed by atoms with van der Waals surface area (Å²) in [6.45, 7) is 2.63. The van der Waals surface area contributed by atoms with Gasteiger partial charge in [0.15, 0.2) is 10.6 Å². The lowest BCUT2D eigenvalue weighted by molar-refractivity contribution is 0.414. The maximum absolute atomic E-state index is 5.36. The summed E-state index contributed by atoms with van der Waals surface area (Å²) in [5.74, 6) is 1.59. The van der Waals surface area contributed by atoms with Gasteiger partial charge in [-0.15, -0.1) is 0 Å². The van der Waals surface area contributed by atoms with E-state index in [0.29, 0.717) is 11.3 Å². The second-order valence-corrected chi connectivity index (χ2v) is 5.59. The molecule has 0 saturated heterocycles. The van der Waals surface area contributed by atoms with Crippen LogP contribution in [-0.4, -0.2) is 21.9 Å². The Morgan fingerprint density at radius 2 is 2.00 bits per heavy atom. The highest BCUT2D eigenvalue weighted by molar-refractivity contribution is 7.71. The predicted octanol–water partition coefficient (Wildman–Crippen LogP) is 3.86. The first-order valence-corrected chi connectivity index (χ1v) is 7.69. The number of H-pyrrole nitrogens is 1. The molecule has 6 heteroatoms. The maximum Gasteiger partial charge on any atom is 0.199 e. The molecule has 0 atom stereocenters. The number of hydrogen-bond donors (Lipinski definition) is 2. The molecule has 0 radical (unpaired) electrons. The van der Waals surface area contributed by atoms with Gasteiger partial charge in [0.2, 0.25) is 0 Å². The van der Waals surface area contributed by atoms with Crippen LogP contribution in [0.2, 0.25) is 0 Å². The van der Waals surface area contributed by atoms with Crippen molar-refractivity contribution in [1.29, 1.82) is 0 Å². The standard InChI is InChI=1S/C17H18N4OS/c1-12-6-8-13(9-7-12)18-11-16-19-20-17(23)21(16)14-4-3-5-15(10-14)22-2/h3-10,18H,11H2,1-2H3,(H,20,23). The highest BCUT2D eigenvalue weighted by Crippen LogP contribution is 2.18. The van der Waals surface area contributed by atoms with Crippen LogP contribution in [0.4, 0.5) is 5.69 Å². The lowest BCUT2D eigenvalue weighted by Gasteiger charge is -2.10. The summed E-state index contributed by atoms with van der Waals surface area (Å²) >= 11 is 5.36. The molecule has 0 amide bonds. The minimum Gasteiger partial charge on any atom is -0.497 e. The molecular formula is C17H18N4OS. The fraction of sp³-hybridized carbons (Fsp3) is 0.176. The van der Waals surface area contributed by atoms with Crippen LogP contribution in [0, 0.1) is 11.7 Å². The molecule has 3 aromatic rings. The lowest BCUT2D eigenvalue weighted by atomic mass is 10.2. The van der Waals surface area contributed by atoms with E-state index >= 15 is 0 Å². The zero-order chi connectivity index (χ0) is 16.2. The van der Waals surface area contributed by atoms with E-state index in [2.05, 4.69) is 34.6 Å². The summed E-state index contributed by atoms with van der Waals surface area (Å²) in [5.41, 5.74) is 3.19. The number of aromatic amines is 1. The summed E-state index contributed by atoms with van der Waals surface area (Å²) in [6.07, 6.45) is 0. The Morgan fingerprint density at radius 1 is 1.22 bits per heavy atom. The van der Waals surface area contributed by atoms with E-state index in [4.69, 9.17) is 17.0 Å². The van der Waals surface area contributed by atoms with Crippen molar-refractivity contribution in [2.45, 2.75) is 13.5 Å². The zero-order valence-corrected chi connectivity index (χ0v) is 13.9. The van der Waals surface area contributed by atoms with Gasteiger partial charge in [-0.25, -0.2) is 0 Å². The third-order valence-electron chi connectivity index (χ3n) is 3.56. The summed E-state index contributed by atoms with van der Waals surface area (Å²) in [7, 11) is 1.65. The lowest BCUT2D eigenvalue weighted by Crippen LogP contribution is -2.07. The molecular weight excluding hydrogens is 308 g/mol. The van der Waals surface area contributed by atoms with Crippen LogP contribution in [0.5, 0.6) is 5.75 Å². The number of anilines is 1. The second kappa shape index (κ2) is 6.66. The molecule has 23 heavy (non-hydrogen) atoms. The molecule has 0 fully saturated rings. The minimum atomic E-state index is 0.555. The smallest absolute Gasteiger partial charge is 0.199 e. The average Bonchev–Trinajstić information content (AvgIpc) is 2.95. The molecule has 0 aliphatic heterocycles. The van der Waals surface area contributed by atoms with E-state index in [1.165, 1.54) is 5.56 Å². The molecule has 2 N–H and O–H groups in total. The fourth-order valence-corrected chi connectivity index (χ4v) is 2.57. The van der Waals surface area contributed by atoms with Crippen molar-refractivity contribution in [2.75, 3.05) is 12.4 Å². The number of nitrogens with zero attached hydrogens (tertiary/aromatic N) is 2. The van der Waals surface area contributed by atoms with Gasteiger partial charge in [0, 0.05) is 11.8 Å². The summed E-state index contributed by atoms with van der Waals surface area (Å²) in [5, 5.41) is 10.5.